The molecule has 0 spiro atoms. The highest BCUT2D eigenvalue weighted by Crippen LogP contribution is 2.34. The smallest absolute Gasteiger partial charge is 0.0920 e. The minimum absolute atomic E-state index is 0. The summed E-state index contributed by atoms with van der Waals surface area (Å²) in [4.78, 5) is 2.48. The third kappa shape index (κ3) is 4.33. The zero-order valence-electron chi connectivity index (χ0n) is 17.5. The lowest BCUT2D eigenvalue weighted by Crippen LogP contribution is -2.43. The number of halogens is 2. The van der Waals surface area contributed by atoms with E-state index in [0.29, 0.717) is 5.02 Å². The van der Waals surface area contributed by atoms with E-state index in [4.69, 9.17) is 11.6 Å². The van der Waals surface area contributed by atoms with Crippen molar-refractivity contribution in [3.05, 3.63) is 83.4 Å². The maximum absolute atomic E-state index is 11.1. The summed E-state index contributed by atoms with van der Waals surface area (Å²) in [5, 5.41) is 14.5. The van der Waals surface area contributed by atoms with E-state index in [9.17, 15) is 5.11 Å². The molecule has 0 radical (unpaired) electrons. The number of benzene rings is 3. The average molecular weight is 455 g/mol. The van der Waals surface area contributed by atoms with Crippen LogP contribution >= 0.6 is 24.0 Å². The van der Waals surface area contributed by atoms with E-state index in [1.165, 1.54) is 21.8 Å². The normalized spacial score (nSPS) is 16.5. The first-order valence-corrected chi connectivity index (χ1v) is 11.2. The van der Waals surface area contributed by atoms with E-state index < -0.39 is 5.60 Å². The molecule has 4 aromatic rings. The van der Waals surface area contributed by atoms with Gasteiger partial charge < -0.3 is 14.6 Å². The number of para-hydroxylation sites is 2. The van der Waals surface area contributed by atoms with E-state index in [-0.39, 0.29) is 12.4 Å². The molecule has 3 aromatic carbocycles. The lowest BCUT2D eigenvalue weighted by atomic mass is 9.84. The molecular weight excluding hydrogens is 427 g/mol. The van der Waals surface area contributed by atoms with Crippen molar-refractivity contribution < 1.29 is 5.11 Å². The zero-order chi connectivity index (χ0) is 20.6. The molecule has 0 saturated carbocycles. The summed E-state index contributed by atoms with van der Waals surface area (Å²) in [5.41, 5.74) is 2.88. The van der Waals surface area contributed by atoms with Crippen molar-refractivity contribution in [2.45, 2.75) is 31.4 Å². The average Bonchev–Trinajstić information content (AvgIpc) is 3.10. The first-order valence-electron chi connectivity index (χ1n) is 10.8. The van der Waals surface area contributed by atoms with Gasteiger partial charge in [-0.1, -0.05) is 60.1 Å². The van der Waals surface area contributed by atoms with Crippen molar-refractivity contribution >= 4 is 45.8 Å². The SMILES string of the molecule is Cl.OC1(c2ccc(Cl)cc2)CCN(CCCn2c3ccccc3c3ccccc32)CC1. The van der Waals surface area contributed by atoms with Crippen LogP contribution in [0.3, 0.4) is 0 Å². The second kappa shape index (κ2) is 9.22. The Morgan fingerprint density at radius 3 is 1.90 bits per heavy atom. The first kappa shape index (κ1) is 22.2. The fraction of sp³-hybridized carbons (Fsp3) is 0.308. The molecule has 1 aliphatic heterocycles. The van der Waals surface area contributed by atoms with Gasteiger partial charge in [0.05, 0.1) is 5.60 Å². The Bertz CT molecular complexity index is 1110. The van der Waals surface area contributed by atoms with Crippen molar-refractivity contribution in [2.24, 2.45) is 0 Å². The number of likely N-dealkylation sites (tertiary alicyclic amines) is 1. The number of aryl methyl sites for hydroxylation is 1. The van der Waals surface area contributed by atoms with Gasteiger partial charge in [0.15, 0.2) is 0 Å². The monoisotopic (exact) mass is 454 g/mol. The van der Waals surface area contributed by atoms with Crippen molar-refractivity contribution in [3.8, 4) is 0 Å². The van der Waals surface area contributed by atoms with Crippen LogP contribution in [-0.2, 0) is 12.1 Å². The summed E-state index contributed by atoms with van der Waals surface area (Å²) < 4.78 is 2.46. The van der Waals surface area contributed by atoms with Crippen molar-refractivity contribution in [1.82, 2.24) is 9.47 Å². The zero-order valence-corrected chi connectivity index (χ0v) is 19.1. The molecule has 1 N–H and O–H groups in total. The molecule has 31 heavy (non-hydrogen) atoms. The molecule has 1 aliphatic rings. The number of rotatable bonds is 5. The topological polar surface area (TPSA) is 28.4 Å². The molecular formula is C26H28Cl2N2O. The standard InChI is InChI=1S/C26H27ClN2O.ClH/c27-21-12-10-20(11-13-21)26(30)14-18-28(19-15-26)16-5-17-29-24-8-3-1-6-22(24)23-7-2-4-9-25(23)29;/h1-4,6-13,30H,5,14-19H2;1H. The van der Waals surface area contributed by atoms with Gasteiger partial charge in [-0.25, -0.2) is 0 Å². The van der Waals surface area contributed by atoms with Crippen LogP contribution in [0.5, 0.6) is 0 Å². The molecule has 1 saturated heterocycles. The number of piperidine rings is 1. The highest BCUT2D eigenvalue weighted by atomic mass is 35.5. The maximum atomic E-state index is 11.1. The summed E-state index contributed by atoms with van der Waals surface area (Å²) in [6.07, 6.45) is 2.63. The summed E-state index contributed by atoms with van der Waals surface area (Å²) in [5.74, 6) is 0. The predicted octanol–water partition coefficient (Wildman–Crippen LogP) is 6.24. The number of hydrogen-bond donors (Lipinski definition) is 1. The molecule has 2 heterocycles. The van der Waals surface area contributed by atoms with Crippen LogP contribution in [0.15, 0.2) is 72.8 Å². The Kier molecular flexibility index (Phi) is 6.59. The van der Waals surface area contributed by atoms with Gasteiger partial charge in [-0.3, -0.25) is 0 Å². The lowest BCUT2D eigenvalue weighted by molar-refractivity contribution is -0.0261. The number of fused-ring (bicyclic) bond motifs is 3. The number of aliphatic hydroxyl groups is 1. The summed E-state index contributed by atoms with van der Waals surface area (Å²) in [6, 6.07) is 25.0. The van der Waals surface area contributed by atoms with E-state index in [2.05, 4.69) is 58.0 Å². The second-order valence-corrected chi connectivity index (χ2v) is 8.86. The molecule has 0 atom stereocenters. The quantitative estimate of drug-likeness (QED) is 0.386. The van der Waals surface area contributed by atoms with Gasteiger partial charge in [0.1, 0.15) is 0 Å². The number of nitrogens with zero attached hydrogens (tertiary/aromatic N) is 2. The maximum Gasteiger partial charge on any atom is 0.0920 e. The largest absolute Gasteiger partial charge is 0.385 e. The summed E-state index contributed by atoms with van der Waals surface area (Å²) in [6.45, 7) is 3.90. The first-order chi connectivity index (χ1) is 14.6. The Morgan fingerprint density at radius 2 is 1.32 bits per heavy atom. The van der Waals surface area contributed by atoms with Gasteiger partial charge in [0, 0.05) is 46.5 Å². The van der Waals surface area contributed by atoms with Crippen molar-refractivity contribution in [2.75, 3.05) is 19.6 Å². The van der Waals surface area contributed by atoms with Gasteiger partial charge in [0.25, 0.3) is 0 Å². The molecule has 5 heteroatoms. The van der Waals surface area contributed by atoms with Crippen LogP contribution in [0.25, 0.3) is 21.8 Å². The van der Waals surface area contributed by atoms with E-state index in [0.717, 1.165) is 51.0 Å². The second-order valence-electron chi connectivity index (χ2n) is 8.42. The van der Waals surface area contributed by atoms with Gasteiger partial charge >= 0.3 is 0 Å². The molecule has 0 bridgehead atoms. The summed E-state index contributed by atoms with van der Waals surface area (Å²) in [7, 11) is 0. The van der Waals surface area contributed by atoms with Crippen LogP contribution in [-0.4, -0.2) is 34.2 Å². The lowest BCUT2D eigenvalue weighted by Gasteiger charge is -2.38. The van der Waals surface area contributed by atoms with Crippen LogP contribution in [0.1, 0.15) is 24.8 Å². The van der Waals surface area contributed by atoms with Gasteiger partial charge in [0.2, 0.25) is 0 Å². The third-order valence-corrected chi connectivity index (χ3v) is 6.85. The van der Waals surface area contributed by atoms with Crippen LogP contribution in [0.4, 0.5) is 0 Å². The van der Waals surface area contributed by atoms with Gasteiger partial charge in [-0.2, -0.15) is 0 Å². The Labute approximate surface area is 194 Å². The molecule has 0 aliphatic carbocycles. The van der Waals surface area contributed by atoms with Crippen molar-refractivity contribution in [3.63, 3.8) is 0 Å². The van der Waals surface area contributed by atoms with E-state index in [1.54, 1.807) is 0 Å². The van der Waals surface area contributed by atoms with Gasteiger partial charge in [-0.05, 0) is 55.6 Å². The minimum atomic E-state index is -0.728. The Balaban J connectivity index is 0.00000231. The molecule has 162 valence electrons. The molecule has 1 fully saturated rings. The molecule has 1 aromatic heterocycles. The molecule has 0 unspecified atom stereocenters. The fourth-order valence-corrected chi connectivity index (χ4v) is 5.02. The van der Waals surface area contributed by atoms with Crippen LogP contribution < -0.4 is 0 Å². The Morgan fingerprint density at radius 1 is 0.774 bits per heavy atom. The van der Waals surface area contributed by atoms with Gasteiger partial charge in [-0.15, -0.1) is 12.4 Å². The fourth-order valence-electron chi connectivity index (χ4n) is 4.89. The number of hydrogen-bond acceptors (Lipinski definition) is 2. The van der Waals surface area contributed by atoms with Crippen molar-refractivity contribution in [1.29, 1.82) is 0 Å². The van der Waals surface area contributed by atoms with Crippen LogP contribution in [0, 0.1) is 0 Å². The predicted molar refractivity (Wildman–Crippen MR) is 132 cm³/mol. The third-order valence-electron chi connectivity index (χ3n) is 6.60. The minimum Gasteiger partial charge on any atom is -0.385 e. The van der Waals surface area contributed by atoms with E-state index >= 15 is 0 Å². The van der Waals surface area contributed by atoms with E-state index in [1.807, 2.05) is 24.3 Å². The molecule has 5 rings (SSSR count). The molecule has 0 amide bonds. The van der Waals surface area contributed by atoms with Crippen LogP contribution in [0.2, 0.25) is 5.02 Å². The highest BCUT2D eigenvalue weighted by molar-refractivity contribution is 6.30. The number of aromatic nitrogens is 1. The molecule has 3 nitrogen and oxygen atoms in total. The highest BCUT2D eigenvalue weighted by Gasteiger charge is 2.33. The Hall–Kier alpha value is -2.04. The summed E-state index contributed by atoms with van der Waals surface area (Å²) >= 11 is 6.00.